The van der Waals surface area contributed by atoms with Gasteiger partial charge in [0, 0.05) is 18.0 Å². The van der Waals surface area contributed by atoms with Gasteiger partial charge in [0.15, 0.2) is 0 Å². The maximum atomic E-state index is 12.7. The minimum absolute atomic E-state index is 0.226. The van der Waals surface area contributed by atoms with E-state index in [2.05, 4.69) is 15.0 Å². The highest BCUT2D eigenvalue weighted by Crippen LogP contribution is 2.30. The summed E-state index contributed by atoms with van der Waals surface area (Å²) in [5.74, 6) is -1.29. The Kier molecular flexibility index (Phi) is 4.91. The van der Waals surface area contributed by atoms with Crippen molar-refractivity contribution in [2.75, 3.05) is 5.32 Å². The molecule has 0 saturated heterocycles. The van der Waals surface area contributed by atoms with Crippen LogP contribution in [0.4, 0.5) is 18.9 Å². The highest BCUT2D eigenvalue weighted by molar-refractivity contribution is 6.07. The zero-order valence-electron chi connectivity index (χ0n) is 15.8. The number of imidazole rings is 1. The third-order valence-electron chi connectivity index (χ3n) is 4.49. The van der Waals surface area contributed by atoms with Crippen molar-refractivity contribution in [1.29, 1.82) is 0 Å². The van der Waals surface area contributed by atoms with E-state index in [-0.39, 0.29) is 5.56 Å². The molecule has 30 heavy (non-hydrogen) atoms. The van der Waals surface area contributed by atoms with Gasteiger partial charge in [-0.1, -0.05) is 36.4 Å². The number of hydrogen-bond acceptors (Lipinski definition) is 3. The molecule has 8 heteroatoms. The third-order valence-corrected chi connectivity index (χ3v) is 4.49. The number of hydrogen-bond donors (Lipinski definition) is 1. The van der Waals surface area contributed by atoms with Crippen LogP contribution in [0.1, 0.15) is 15.9 Å². The smallest absolute Gasteiger partial charge is 0.405 e. The van der Waals surface area contributed by atoms with Gasteiger partial charge in [-0.2, -0.15) is 0 Å². The molecule has 4 rings (SSSR count). The number of ether oxygens (including phenoxy) is 1. The Bertz CT molecular complexity index is 1230. The first-order valence-corrected chi connectivity index (χ1v) is 9.02. The molecule has 0 aliphatic heterocycles. The molecule has 2 heterocycles. The molecule has 0 bridgehead atoms. The lowest BCUT2D eigenvalue weighted by Gasteiger charge is -2.14. The summed E-state index contributed by atoms with van der Waals surface area (Å²) in [4.78, 5) is 17.4. The summed E-state index contributed by atoms with van der Waals surface area (Å²) >= 11 is 0. The van der Waals surface area contributed by atoms with Gasteiger partial charge in [0.25, 0.3) is 5.91 Å². The number of rotatable bonds is 4. The SMILES string of the molecule is Cc1cccn2cc(-c3ccccc3NC(=O)c3ccccc3OC(F)(F)F)nc12. The van der Waals surface area contributed by atoms with Gasteiger partial charge in [0.2, 0.25) is 0 Å². The number of carbonyl (C=O) groups excluding carboxylic acids is 1. The van der Waals surface area contributed by atoms with Gasteiger partial charge in [-0.25, -0.2) is 4.98 Å². The van der Waals surface area contributed by atoms with Crippen LogP contribution in [0.15, 0.2) is 73.1 Å². The van der Waals surface area contributed by atoms with Crippen LogP contribution in [0.25, 0.3) is 16.9 Å². The zero-order valence-corrected chi connectivity index (χ0v) is 15.8. The number of benzene rings is 2. The number of pyridine rings is 1. The van der Waals surface area contributed by atoms with E-state index in [0.717, 1.165) is 17.3 Å². The molecule has 0 atom stereocenters. The topological polar surface area (TPSA) is 55.6 Å². The number of aromatic nitrogens is 2. The van der Waals surface area contributed by atoms with E-state index in [1.807, 2.05) is 35.9 Å². The standard InChI is InChI=1S/C22H16F3N3O2/c1-14-7-6-12-28-13-18(26-20(14)28)15-8-2-4-10-17(15)27-21(29)16-9-3-5-11-19(16)30-22(23,24)25/h2-13H,1H3,(H,27,29). The van der Waals surface area contributed by atoms with E-state index in [4.69, 9.17) is 0 Å². The number of anilines is 1. The number of carbonyl (C=O) groups is 1. The summed E-state index contributed by atoms with van der Waals surface area (Å²) in [6.07, 6.45) is -1.21. The van der Waals surface area contributed by atoms with Crippen molar-refractivity contribution in [1.82, 2.24) is 9.38 Å². The highest BCUT2D eigenvalue weighted by atomic mass is 19.4. The first kappa shape index (κ1) is 19.5. The lowest BCUT2D eigenvalue weighted by atomic mass is 10.1. The number of nitrogens with zero attached hydrogens (tertiary/aromatic N) is 2. The number of para-hydroxylation sites is 2. The van der Waals surface area contributed by atoms with Crippen molar-refractivity contribution in [3.63, 3.8) is 0 Å². The fourth-order valence-corrected chi connectivity index (χ4v) is 3.16. The number of aryl methyl sites for hydroxylation is 1. The molecule has 0 aliphatic rings. The number of alkyl halides is 3. The van der Waals surface area contributed by atoms with Gasteiger partial charge in [-0.15, -0.1) is 13.2 Å². The van der Waals surface area contributed by atoms with Crippen molar-refractivity contribution in [3.8, 4) is 17.0 Å². The van der Waals surface area contributed by atoms with Crippen LogP contribution in [0.2, 0.25) is 0 Å². The van der Waals surface area contributed by atoms with Crippen LogP contribution in [0.3, 0.4) is 0 Å². The van der Waals surface area contributed by atoms with Crippen LogP contribution in [-0.4, -0.2) is 21.7 Å². The van der Waals surface area contributed by atoms with Crippen LogP contribution in [0.5, 0.6) is 5.75 Å². The van der Waals surface area contributed by atoms with E-state index in [9.17, 15) is 18.0 Å². The summed E-state index contributed by atoms with van der Waals surface area (Å²) in [7, 11) is 0. The third kappa shape index (κ3) is 3.98. The molecule has 5 nitrogen and oxygen atoms in total. The van der Waals surface area contributed by atoms with Crippen LogP contribution in [-0.2, 0) is 0 Å². The van der Waals surface area contributed by atoms with E-state index < -0.39 is 18.0 Å². The molecule has 0 unspecified atom stereocenters. The maximum Gasteiger partial charge on any atom is 0.573 e. The minimum Gasteiger partial charge on any atom is -0.405 e. The van der Waals surface area contributed by atoms with Gasteiger partial charge in [-0.3, -0.25) is 4.79 Å². The Morgan fingerprint density at radius 2 is 1.77 bits per heavy atom. The molecule has 0 aliphatic carbocycles. The average molecular weight is 411 g/mol. The van der Waals surface area contributed by atoms with Crippen molar-refractivity contribution in [3.05, 3.63) is 84.2 Å². The Labute approximate surface area is 169 Å². The van der Waals surface area contributed by atoms with Crippen LogP contribution >= 0.6 is 0 Å². The van der Waals surface area contributed by atoms with Gasteiger partial charge < -0.3 is 14.5 Å². The van der Waals surface area contributed by atoms with E-state index in [1.54, 1.807) is 24.3 Å². The van der Waals surface area contributed by atoms with Gasteiger partial charge >= 0.3 is 6.36 Å². The molecule has 2 aromatic heterocycles. The van der Waals surface area contributed by atoms with E-state index in [0.29, 0.717) is 16.9 Å². The molecule has 0 spiro atoms. The van der Waals surface area contributed by atoms with E-state index >= 15 is 0 Å². The second-order valence-corrected chi connectivity index (χ2v) is 6.59. The second kappa shape index (κ2) is 7.55. The van der Waals surface area contributed by atoms with Gasteiger partial charge in [-0.05, 0) is 36.8 Å². The maximum absolute atomic E-state index is 12.7. The molecule has 2 aromatic carbocycles. The van der Waals surface area contributed by atoms with Crippen molar-refractivity contribution < 1.29 is 22.7 Å². The first-order valence-electron chi connectivity index (χ1n) is 9.02. The molecule has 0 radical (unpaired) electrons. The summed E-state index contributed by atoms with van der Waals surface area (Å²) in [6, 6.07) is 16.0. The summed E-state index contributed by atoms with van der Waals surface area (Å²) in [6.45, 7) is 1.94. The Balaban J connectivity index is 1.69. The minimum atomic E-state index is -4.90. The predicted octanol–water partition coefficient (Wildman–Crippen LogP) is 5.46. The second-order valence-electron chi connectivity index (χ2n) is 6.59. The molecule has 1 N–H and O–H groups in total. The summed E-state index contributed by atoms with van der Waals surface area (Å²) < 4.78 is 43.9. The van der Waals surface area contributed by atoms with Crippen molar-refractivity contribution in [2.45, 2.75) is 13.3 Å². The number of halogens is 3. The fourth-order valence-electron chi connectivity index (χ4n) is 3.16. The van der Waals surface area contributed by atoms with Gasteiger partial charge in [0.05, 0.1) is 16.9 Å². The Morgan fingerprint density at radius 1 is 1.03 bits per heavy atom. The normalized spacial score (nSPS) is 11.5. The summed E-state index contributed by atoms with van der Waals surface area (Å²) in [5, 5.41) is 2.67. The predicted molar refractivity (Wildman–Crippen MR) is 106 cm³/mol. The van der Waals surface area contributed by atoms with Crippen LogP contribution in [0, 0.1) is 6.92 Å². The lowest BCUT2D eigenvalue weighted by molar-refractivity contribution is -0.274. The molecule has 0 saturated carbocycles. The summed E-state index contributed by atoms with van der Waals surface area (Å²) in [5.41, 5.74) is 3.23. The zero-order chi connectivity index (χ0) is 21.3. The number of amides is 1. The highest BCUT2D eigenvalue weighted by Gasteiger charge is 2.33. The molecule has 4 aromatic rings. The molecule has 0 fully saturated rings. The molecular formula is C22H16F3N3O2. The average Bonchev–Trinajstić information content (AvgIpc) is 3.13. The molecule has 1 amide bonds. The van der Waals surface area contributed by atoms with Crippen molar-refractivity contribution >= 4 is 17.2 Å². The van der Waals surface area contributed by atoms with Crippen LogP contribution < -0.4 is 10.1 Å². The Morgan fingerprint density at radius 3 is 2.53 bits per heavy atom. The fraction of sp³-hybridized carbons (Fsp3) is 0.0909. The quantitative estimate of drug-likeness (QED) is 0.485. The number of nitrogens with one attached hydrogen (secondary N) is 1. The lowest BCUT2D eigenvalue weighted by Crippen LogP contribution is -2.21. The van der Waals surface area contributed by atoms with Crippen molar-refractivity contribution in [2.24, 2.45) is 0 Å². The Hall–Kier alpha value is -3.81. The monoisotopic (exact) mass is 411 g/mol. The molecular weight excluding hydrogens is 395 g/mol. The van der Waals surface area contributed by atoms with Gasteiger partial charge in [0.1, 0.15) is 11.4 Å². The molecule has 152 valence electrons. The van der Waals surface area contributed by atoms with E-state index in [1.165, 1.54) is 18.2 Å². The largest absolute Gasteiger partial charge is 0.573 e. The number of fused-ring (bicyclic) bond motifs is 1. The first-order chi connectivity index (χ1) is 14.3.